The van der Waals surface area contributed by atoms with Crippen LogP contribution in [0.2, 0.25) is 0 Å². The zero-order chi connectivity index (χ0) is 20.4. The summed E-state index contributed by atoms with van der Waals surface area (Å²) in [4.78, 5) is 14.9. The van der Waals surface area contributed by atoms with Crippen LogP contribution in [0.5, 0.6) is 5.75 Å². The molecule has 1 aliphatic heterocycles. The van der Waals surface area contributed by atoms with Gasteiger partial charge in [-0.1, -0.05) is 60.2 Å². The first-order valence-corrected chi connectivity index (χ1v) is 10.2. The first-order chi connectivity index (χ1) is 14.0. The van der Waals surface area contributed by atoms with Crippen LogP contribution in [0.1, 0.15) is 29.2 Å². The Bertz CT molecular complexity index is 1020. The highest BCUT2D eigenvalue weighted by Gasteiger charge is 2.26. The third kappa shape index (κ3) is 4.19. The van der Waals surface area contributed by atoms with E-state index in [-0.39, 0.29) is 5.91 Å². The molecular formula is C26H27NO2. The summed E-state index contributed by atoms with van der Waals surface area (Å²) in [6, 6.07) is 23.0. The average Bonchev–Trinajstić information content (AvgIpc) is 2.74. The van der Waals surface area contributed by atoms with Gasteiger partial charge in [0.25, 0.3) is 5.91 Å². The van der Waals surface area contributed by atoms with Gasteiger partial charge in [-0.05, 0) is 67.1 Å². The van der Waals surface area contributed by atoms with Gasteiger partial charge in [-0.2, -0.15) is 0 Å². The van der Waals surface area contributed by atoms with Crippen LogP contribution >= 0.6 is 0 Å². The van der Waals surface area contributed by atoms with E-state index < -0.39 is 6.10 Å². The standard InChI is InChI=1S/C26H27NO2/c1-18-8-10-22(11-9-18)23-12-13-25(19(2)16-23)29-20(3)26(28)27-15-14-21-6-4-5-7-24(21)17-27/h4-13,16,20H,14-15,17H2,1-3H3. The molecule has 1 aliphatic rings. The summed E-state index contributed by atoms with van der Waals surface area (Å²) < 4.78 is 6.07. The molecule has 1 amide bonds. The van der Waals surface area contributed by atoms with Crippen molar-refractivity contribution in [2.45, 2.75) is 39.8 Å². The Hall–Kier alpha value is -3.07. The quantitative estimate of drug-likeness (QED) is 0.608. The fourth-order valence-electron chi connectivity index (χ4n) is 3.89. The van der Waals surface area contributed by atoms with Gasteiger partial charge in [0.2, 0.25) is 0 Å². The summed E-state index contributed by atoms with van der Waals surface area (Å²) in [5.74, 6) is 0.806. The Morgan fingerprint density at radius 2 is 1.62 bits per heavy atom. The molecule has 0 aromatic heterocycles. The van der Waals surface area contributed by atoms with Crippen LogP contribution in [-0.4, -0.2) is 23.5 Å². The number of amides is 1. The lowest BCUT2D eigenvalue weighted by molar-refractivity contribution is -0.138. The van der Waals surface area contributed by atoms with Gasteiger partial charge in [0, 0.05) is 13.1 Å². The molecule has 3 heteroatoms. The van der Waals surface area contributed by atoms with Crippen LogP contribution < -0.4 is 4.74 Å². The number of hydrogen-bond donors (Lipinski definition) is 0. The van der Waals surface area contributed by atoms with Crippen molar-refractivity contribution in [1.82, 2.24) is 4.90 Å². The van der Waals surface area contributed by atoms with Crippen molar-refractivity contribution in [1.29, 1.82) is 0 Å². The molecule has 3 aromatic carbocycles. The maximum Gasteiger partial charge on any atom is 0.263 e. The summed E-state index contributed by atoms with van der Waals surface area (Å²) in [5, 5.41) is 0. The van der Waals surface area contributed by atoms with Crippen molar-refractivity contribution in [3.63, 3.8) is 0 Å². The highest BCUT2D eigenvalue weighted by molar-refractivity contribution is 5.81. The Morgan fingerprint density at radius 3 is 2.34 bits per heavy atom. The molecule has 4 rings (SSSR count). The predicted molar refractivity (Wildman–Crippen MR) is 117 cm³/mol. The molecule has 3 aromatic rings. The van der Waals surface area contributed by atoms with Gasteiger partial charge >= 0.3 is 0 Å². The molecule has 1 heterocycles. The second-order valence-corrected chi connectivity index (χ2v) is 7.88. The maximum atomic E-state index is 12.9. The number of fused-ring (bicyclic) bond motifs is 1. The average molecular weight is 386 g/mol. The zero-order valence-corrected chi connectivity index (χ0v) is 17.3. The Kier molecular flexibility index (Phi) is 5.39. The molecule has 3 nitrogen and oxygen atoms in total. The molecule has 0 spiro atoms. The van der Waals surface area contributed by atoms with Crippen molar-refractivity contribution in [2.75, 3.05) is 6.54 Å². The molecule has 0 saturated carbocycles. The molecule has 148 valence electrons. The molecular weight excluding hydrogens is 358 g/mol. The van der Waals surface area contributed by atoms with E-state index in [1.54, 1.807) is 0 Å². The van der Waals surface area contributed by atoms with E-state index in [4.69, 9.17) is 4.74 Å². The van der Waals surface area contributed by atoms with Crippen molar-refractivity contribution in [3.05, 3.63) is 89.0 Å². The van der Waals surface area contributed by atoms with E-state index in [0.29, 0.717) is 6.54 Å². The molecule has 0 radical (unpaired) electrons. The summed E-state index contributed by atoms with van der Waals surface area (Å²) in [7, 11) is 0. The second kappa shape index (κ2) is 8.12. The van der Waals surface area contributed by atoms with E-state index in [2.05, 4.69) is 61.5 Å². The number of nitrogens with zero attached hydrogens (tertiary/aromatic N) is 1. The number of aryl methyl sites for hydroxylation is 2. The van der Waals surface area contributed by atoms with Gasteiger partial charge in [0.1, 0.15) is 5.75 Å². The first kappa shape index (κ1) is 19.3. The molecule has 0 fully saturated rings. The maximum absolute atomic E-state index is 12.9. The lowest BCUT2D eigenvalue weighted by Crippen LogP contribution is -2.43. The highest BCUT2D eigenvalue weighted by atomic mass is 16.5. The Labute approximate surface area is 172 Å². The second-order valence-electron chi connectivity index (χ2n) is 7.88. The van der Waals surface area contributed by atoms with Crippen LogP contribution in [0, 0.1) is 13.8 Å². The smallest absolute Gasteiger partial charge is 0.263 e. The highest BCUT2D eigenvalue weighted by Crippen LogP contribution is 2.28. The molecule has 1 atom stereocenters. The van der Waals surface area contributed by atoms with Crippen LogP contribution in [-0.2, 0) is 17.8 Å². The number of carbonyl (C=O) groups excluding carboxylic acids is 1. The molecule has 0 saturated heterocycles. The van der Waals surface area contributed by atoms with Crippen LogP contribution in [0.25, 0.3) is 11.1 Å². The fraction of sp³-hybridized carbons (Fsp3) is 0.269. The van der Waals surface area contributed by atoms with E-state index in [9.17, 15) is 4.79 Å². The number of rotatable bonds is 4. The minimum absolute atomic E-state index is 0.0431. The Balaban J connectivity index is 1.45. The van der Waals surface area contributed by atoms with Gasteiger partial charge in [-0.3, -0.25) is 4.79 Å². The topological polar surface area (TPSA) is 29.5 Å². The third-order valence-electron chi connectivity index (χ3n) is 5.65. The largest absolute Gasteiger partial charge is 0.481 e. The number of hydrogen-bond acceptors (Lipinski definition) is 2. The third-order valence-corrected chi connectivity index (χ3v) is 5.65. The van der Waals surface area contributed by atoms with Crippen molar-refractivity contribution in [3.8, 4) is 16.9 Å². The zero-order valence-electron chi connectivity index (χ0n) is 17.3. The van der Waals surface area contributed by atoms with Gasteiger partial charge in [-0.25, -0.2) is 0 Å². The lowest BCUT2D eigenvalue weighted by Gasteiger charge is -2.31. The number of carbonyl (C=O) groups is 1. The normalized spacial score (nSPS) is 14.2. The molecule has 29 heavy (non-hydrogen) atoms. The molecule has 1 unspecified atom stereocenters. The monoisotopic (exact) mass is 385 g/mol. The SMILES string of the molecule is Cc1ccc(-c2ccc(OC(C)C(=O)N3CCc4ccccc4C3)c(C)c2)cc1. The number of benzene rings is 3. The van der Waals surface area contributed by atoms with Crippen molar-refractivity contribution in [2.24, 2.45) is 0 Å². The minimum Gasteiger partial charge on any atom is -0.481 e. The van der Waals surface area contributed by atoms with Crippen molar-refractivity contribution >= 4 is 5.91 Å². The van der Waals surface area contributed by atoms with Gasteiger partial charge in [0.15, 0.2) is 6.10 Å². The van der Waals surface area contributed by atoms with Crippen LogP contribution in [0.15, 0.2) is 66.7 Å². The van der Waals surface area contributed by atoms with Crippen LogP contribution in [0.3, 0.4) is 0 Å². The van der Waals surface area contributed by atoms with Gasteiger partial charge < -0.3 is 9.64 Å². The predicted octanol–water partition coefficient (Wildman–Crippen LogP) is 5.32. The first-order valence-electron chi connectivity index (χ1n) is 10.2. The minimum atomic E-state index is -0.510. The summed E-state index contributed by atoms with van der Waals surface area (Å²) in [6.07, 6.45) is 0.392. The van der Waals surface area contributed by atoms with E-state index in [1.807, 2.05) is 30.9 Å². The van der Waals surface area contributed by atoms with E-state index in [1.165, 1.54) is 22.3 Å². The molecule has 0 N–H and O–H groups in total. The molecule has 0 aliphatic carbocycles. The molecule has 0 bridgehead atoms. The number of ether oxygens (including phenoxy) is 1. The van der Waals surface area contributed by atoms with Gasteiger partial charge in [-0.15, -0.1) is 0 Å². The summed E-state index contributed by atoms with van der Waals surface area (Å²) >= 11 is 0. The lowest BCUT2D eigenvalue weighted by atomic mass is 9.99. The Morgan fingerprint density at radius 1 is 0.931 bits per heavy atom. The summed E-state index contributed by atoms with van der Waals surface area (Å²) in [5.41, 5.74) is 7.19. The van der Waals surface area contributed by atoms with E-state index in [0.717, 1.165) is 29.8 Å². The fourth-order valence-corrected chi connectivity index (χ4v) is 3.89. The van der Waals surface area contributed by atoms with Crippen LogP contribution in [0.4, 0.5) is 0 Å². The van der Waals surface area contributed by atoms with Gasteiger partial charge in [0.05, 0.1) is 0 Å². The van der Waals surface area contributed by atoms with E-state index >= 15 is 0 Å². The summed E-state index contributed by atoms with van der Waals surface area (Å²) in [6.45, 7) is 7.37. The van der Waals surface area contributed by atoms with Crippen molar-refractivity contribution < 1.29 is 9.53 Å².